The number of halogens is 3. The molecule has 2 heterocycles. The summed E-state index contributed by atoms with van der Waals surface area (Å²) in [5.74, 6) is 0.502. The Labute approximate surface area is 188 Å². The molecule has 0 fully saturated rings. The van der Waals surface area contributed by atoms with Crippen LogP contribution in [0.2, 0.25) is 0 Å². The highest BCUT2D eigenvalue weighted by Gasteiger charge is 2.31. The molecule has 0 radical (unpaired) electrons. The Balaban J connectivity index is 1.72. The van der Waals surface area contributed by atoms with E-state index in [1.54, 1.807) is 23.1 Å². The van der Waals surface area contributed by atoms with Crippen LogP contribution >= 0.6 is 0 Å². The highest BCUT2D eigenvalue weighted by Crippen LogP contribution is 2.41. The lowest BCUT2D eigenvalue weighted by molar-refractivity contribution is -0.137. The maximum Gasteiger partial charge on any atom is 0.416 e. The summed E-state index contributed by atoms with van der Waals surface area (Å²) < 4.78 is 45.2. The summed E-state index contributed by atoms with van der Waals surface area (Å²) in [4.78, 5) is 24.8. The van der Waals surface area contributed by atoms with E-state index < -0.39 is 11.7 Å². The van der Waals surface area contributed by atoms with E-state index in [4.69, 9.17) is 4.74 Å². The zero-order valence-corrected chi connectivity index (χ0v) is 18.1. The minimum absolute atomic E-state index is 0.190. The first-order valence-electron chi connectivity index (χ1n) is 10.2. The Morgan fingerprint density at radius 3 is 2.82 bits per heavy atom. The fourth-order valence-electron chi connectivity index (χ4n) is 3.52. The van der Waals surface area contributed by atoms with Crippen molar-refractivity contribution < 1.29 is 22.7 Å². The minimum atomic E-state index is -4.46. The van der Waals surface area contributed by atoms with Crippen molar-refractivity contribution in [3.05, 3.63) is 60.4 Å². The van der Waals surface area contributed by atoms with E-state index in [-0.39, 0.29) is 24.0 Å². The van der Waals surface area contributed by atoms with Crippen LogP contribution in [0, 0.1) is 0 Å². The van der Waals surface area contributed by atoms with E-state index in [2.05, 4.69) is 15.3 Å². The van der Waals surface area contributed by atoms with Gasteiger partial charge >= 0.3 is 6.18 Å². The number of rotatable bonds is 5. The Kier molecular flexibility index (Phi) is 6.19. The number of ether oxygens (including phenoxy) is 1. The number of carbonyl (C=O) groups excluding carboxylic acids is 1. The van der Waals surface area contributed by atoms with Crippen LogP contribution in [0.5, 0.6) is 5.75 Å². The van der Waals surface area contributed by atoms with Crippen molar-refractivity contribution in [2.75, 3.05) is 44.0 Å². The summed E-state index contributed by atoms with van der Waals surface area (Å²) in [6, 6.07) is 8.32. The third kappa shape index (κ3) is 4.90. The van der Waals surface area contributed by atoms with Gasteiger partial charge in [-0.2, -0.15) is 13.2 Å². The van der Waals surface area contributed by atoms with Crippen LogP contribution < -0.4 is 15.0 Å². The number of benzene rings is 2. The number of anilines is 3. The minimum Gasteiger partial charge on any atom is -0.489 e. The zero-order chi connectivity index (χ0) is 23.6. The number of amides is 1. The van der Waals surface area contributed by atoms with E-state index in [0.717, 1.165) is 12.1 Å². The standard InChI is InChI=1S/C23H22F3N5O2/c1-30(2)10-4-7-19(32)31-11-12-33-21-18(31)9-8-17-20(21)22(28-14-27-17)29-16-6-3-5-15(13-16)23(24,25)26/h3-9,13-14H,10-12H2,1-2H3,(H,27,28,29)/b7-4+. The maximum atomic E-state index is 13.1. The number of nitrogens with one attached hydrogen (secondary N) is 1. The zero-order valence-electron chi connectivity index (χ0n) is 18.1. The van der Waals surface area contributed by atoms with E-state index in [0.29, 0.717) is 35.4 Å². The lowest BCUT2D eigenvalue weighted by Gasteiger charge is -2.30. The average molecular weight is 457 g/mol. The molecule has 1 amide bonds. The number of carbonyl (C=O) groups is 1. The number of nitrogens with zero attached hydrogens (tertiary/aromatic N) is 4. The number of likely N-dealkylation sites (N-methyl/N-ethyl adjacent to an activating group) is 1. The number of hydrogen-bond acceptors (Lipinski definition) is 6. The Hall–Kier alpha value is -3.66. The number of alkyl halides is 3. The van der Waals surface area contributed by atoms with E-state index in [1.165, 1.54) is 24.5 Å². The van der Waals surface area contributed by atoms with E-state index in [9.17, 15) is 18.0 Å². The Morgan fingerprint density at radius 1 is 1.24 bits per heavy atom. The number of fused-ring (bicyclic) bond motifs is 3. The molecule has 3 aromatic rings. The van der Waals surface area contributed by atoms with Gasteiger partial charge in [0.25, 0.3) is 5.91 Å². The number of aromatic nitrogens is 2. The third-order valence-corrected chi connectivity index (χ3v) is 5.04. The second kappa shape index (κ2) is 9.07. The highest BCUT2D eigenvalue weighted by atomic mass is 19.4. The second-order valence-electron chi connectivity index (χ2n) is 7.74. The SMILES string of the molecule is CN(C)C/C=C/C(=O)N1CCOc2c1ccc1ncnc(Nc3cccc(C(F)(F)F)c3)c21. The van der Waals surface area contributed by atoms with Crippen molar-refractivity contribution in [3.63, 3.8) is 0 Å². The van der Waals surface area contributed by atoms with Gasteiger partial charge in [0.05, 0.1) is 28.7 Å². The van der Waals surface area contributed by atoms with Crippen LogP contribution in [-0.4, -0.2) is 54.6 Å². The Bertz CT molecular complexity index is 1210. The Morgan fingerprint density at radius 2 is 2.06 bits per heavy atom. The predicted octanol–water partition coefficient (Wildman–Crippen LogP) is 4.24. The summed E-state index contributed by atoms with van der Waals surface area (Å²) >= 11 is 0. The van der Waals surface area contributed by atoms with Crippen molar-refractivity contribution in [2.45, 2.75) is 6.18 Å². The van der Waals surface area contributed by atoms with Crippen LogP contribution in [0.1, 0.15) is 5.56 Å². The summed E-state index contributed by atoms with van der Waals surface area (Å²) in [6.45, 7) is 1.25. The molecule has 0 saturated heterocycles. The number of hydrogen-bond donors (Lipinski definition) is 1. The van der Waals surface area contributed by atoms with Gasteiger partial charge in [0.1, 0.15) is 18.8 Å². The molecule has 1 N–H and O–H groups in total. The molecule has 0 bridgehead atoms. The molecule has 33 heavy (non-hydrogen) atoms. The molecule has 1 aliphatic heterocycles. The molecule has 1 aromatic heterocycles. The third-order valence-electron chi connectivity index (χ3n) is 5.04. The van der Waals surface area contributed by atoms with Gasteiger partial charge in [-0.25, -0.2) is 9.97 Å². The molecule has 0 unspecified atom stereocenters. The maximum absolute atomic E-state index is 13.1. The molecule has 7 nitrogen and oxygen atoms in total. The van der Waals surface area contributed by atoms with Crippen LogP contribution in [0.15, 0.2) is 54.9 Å². The monoisotopic (exact) mass is 457 g/mol. The van der Waals surface area contributed by atoms with Gasteiger partial charge in [-0.15, -0.1) is 0 Å². The summed E-state index contributed by atoms with van der Waals surface area (Å²) in [7, 11) is 3.81. The lowest BCUT2D eigenvalue weighted by Crippen LogP contribution is -2.37. The molecular weight excluding hydrogens is 435 g/mol. The van der Waals surface area contributed by atoms with Crippen LogP contribution in [-0.2, 0) is 11.0 Å². The fraction of sp³-hybridized carbons (Fsp3) is 0.261. The summed E-state index contributed by atoms with van der Waals surface area (Å²) in [5.41, 5.74) is 0.536. The normalized spacial score (nSPS) is 13.9. The first kappa shape index (κ1) is 22.5. The molecule has 0 saturated carbocycles. The van der Waals surface area contributed by atoms with Gasteiger partial charge < -0.3 is 19.9 Å². The molecule has 172 valence electrons. The van der Waals surface area contributed by atoms with Crippen LogP contribution in [0.25, 0.3) is 10.9 Å². The summed E-state index contributed by atoms with van der Waals surface area (Å²) in [5, 5.41) is 3.43. The van der Waals surface area contributed by atoms with Crippen molar-refractivity contribution >= 4 is 34.0 Å². The molecule has 4 rings (SSSR count). The van der Waals surface area contributed by atoms with Gasteiger partial charge in [-0.05, 0) is 44.4 Å². The summed E-state index contributed by atoms with van der Waals surface area (Å²) in [6.07, 6.45) is 0.153. The van der Waals surface area contributed by atoms with E-state index >= 15 is 0 Å². The topological polar surface area (TPSA) is 70.6 Å². The average Bonchev–Trinajstić information content (AvgIpc) is 2.78. The first-order chi connectivity index (χ1) is 15.7. The molecule has 2 aromatic carbocycles. The van der Waals surface area contributed by atoms with Crippen LogP contribution in [0.3, 0.4) is 0 Å². The molecule has 1 aliphatic rings. The molecule has 0 aliphatic carbocycles. The van der Waals surface area contributed by atoms with Crippen molar-refractivity contribution in [3.8, 4) is 5.75 Å². The largest absolute Gasteiger partial charge is 0.489 e. The smallest absolute Gasteiger partial charge is 0.416 e. The van der Waals surface area contributed by atoms with Gasteiger partial charge in [0.2, 0.25) is 0 Å². The molecular formula is C23H22F3N5O2. The van der Waals surface area contributed by atoms with Gasteiger partial charge in [-0.3, -0.25) is 4.79 Å². The lowest BCUT2D eigenvalue weighted by atomic mass is 10.1. The first-order valence-corrected chi connectivity index (χ1v) is 10.2. The molecule has 10 heteroatoms. The highest BCUT2D eigenvalue weighted by molar-refractivity contribution is 6.07. The predicted molar refractivity (Wildman–Crippen MR) is 120 cm³/mol. The van der Waals surface area contributed by atoms with Crippen molar-refractivity contribution in [2.24, 2.45) is 0 Å². The quantitative estimate of drug-likeness (QED) is 0.578. The fourth-order valence-corrected chi connectivity index (χ4v) is 3.52. The van der Waals surface area contributed by atoms with Crippen LogP contribution in [0.4, 0.5) is 30.4 Å². The van der Waals surface area contributed by atoms with Crippen molar-refractivity contribution in [1.29, 1.82) is 0 Å². The van der Waals surface area contributed by atoms with Crippen molar-refractivity contribution in [1.82, 2.24) is 14.9 Å². The van der Waals surface area contributed by atoms with Gasteiger partial charge in [0.15, 0.2) is 5.75 Å². The van der Waals surface area contributed by atoms with Gasteiger partial charge in [0, 0.05) is 18.3 Å². The van der Waals surface area contributed by atoms with Gasteiger partial charge in [-0.1, -0.05) is 12.1 Å². The molecule has 0 atom stereocenters. The molecule has 0 spiro atoms. The second-order valence-corrected chi connectivity index (χ2v) is 7.74. The van der Waals surface area contributed by atoms with E-state index in [1.807, 2.05) is 19.0 Å².